The SMILES string of the molecule is COC(=O)C1(C(=O)OC)CCC=C(C(C)C)C1c1ccccc1. The topological polar surface area (TPSA) is 52.6 Å². The summed E-state index contributed by atoms with van der Waals surface area (Å²) in [5.41, 5.74) is 0.695. The average Bonchev–Trinajstić information content (AvgIpc) is 2.59. The van der Waals surface area contributed by atoms with E-state index in [4.69, 9.17) is 9.47 Å². The van der Waals surface area contributed by atoms with Gasteiger partial charge < -0.3 is 9.47 Å². The highest BCUT2D eigenvalue weighted by Crippen LogP contribution is 2.51. The number of carbonyl (C=O) groups excluding carboxylic acids is 2. The molecule has 0 N–H and O–H groups in total. The van der Waals surface area contributed by atoms with E-state index in [0.717, 1.165) is 11.1 Å². The molecule has 0 amide bonds. The second kappa shape index (κ2) is 6.99. The fraction of sp³-hybridized carbons (Fsp3) is 0.474. The van der Waals surface area contributed by atoms with Crippen LogP contribution in [0.2, 0.25) is 0 Å². The van der Waals surface area contributed by atoms with Crippen molar-refractivity contribution in [1.29, 1.82) is 0 Å². The largest absolute Gasteiger partial charge is 0.468 e. The number of methoxy groups -OCH3 is 2. The van der Waals surface area contributed by atoms with Gasteiger partial charge in [-0.1, -0.05) is 55.8 Å². The van der Waals surface area contributed by atoms with Crippen LogP contribution in [0.5, 0.6) is 0 Å². The Balaban J connectivity index is 2.70. The lowest BCUT2D eigenvalue weighted by molar-refractivity contribution is -0.171. The van der Waals surface area contributed by atoms with E-state index in [1.807, 2.05) is 30.3 Å². The molecular formula is C19H24O4. The predicted molar refractivity (Wildman–Crippen MR) is 87.8 cm³/mol. The van der Waals surface area contributed by atoms with Crippen LogP contribution in [0.4, 0.5) is 0 Å². The molecular weight excluding hydrogens is 292 g/mol. The third-order valence-electron chi connectivity index (χ3n) is 4.64. The summed E-state index contributed by atoms with van der Waals surface area (Å²) in [6.07, 6.45) is 3.19. The summed E-state index contributed by atoms with van der Waals surface area (Å²) < 4.78 is 10.1. The van der Waals surface area contributed by atoms with Crippen molar-refractivity contribution in [3.63, 3.8) is 0 Å². The third-order valence-corrected chi connectivity index (χ3v) is 4.64. The quantitative estimate of drug-likeness (QED) is 0.485. The van der Waals surface area contributed by atoms with Crippen molar-refractivity contribution in [3.8, 4) is 0 Å². The number of benzene rings is 1. The summed E-state index contributed by atoms with van der Waals surface area (Å²) >= 11 is 0. The Morgan fingerprint density at radius 2 is 1.65 bits per heavy atom. The van der Waals surface area contributed by atoms with Crippen LogP contribution in [0.1, 0.15) is 38.2 Å². The van der Waals surface area contributed by atoms with Gasteiger partial charge in [0, 0.05) is 5.92 Å². The minimum absolute atomic E-state index is 0.217. The molecule has 2 rings (SSSR count). The van der Waals surface area contributed by atoms with Crippen molar-refractivity contribution in [1.82, 2.24) is 0 Å². The van der Waals surface area contributed by atoms with Gasteiger partial charge in [0.1, 0.15) is 0 Å². The molecule has 0 saturated heterocycles. The molecule has 23 heavy (non-hydrogen) atoms. The molecule has 0 bridgehead atoms. The second-order valence-corrected chi connectivity index (χ2v) is 6.20. The zero-order valence-corrected chi connectivity index (χ0v) is 14.2. The number of esters is 2. The van der Waals surface area contributed by atoms with Crippen molar-refractivity contribution in [2.24, 2.45) is 11.3 Å². The Kier molecular flexibility index (Phi) is 5.24. The van der Waals surface area contributed by atoms with Gasteiger partial charge in [-0.15, -0.1) is 0 Å². The summed E-state index contributed by atoms with van der Waals surface area (Å²) in [6, 6.07) is 9.66. The lowest BCUT2D eigenvalue weighted by atomic mass is 9.61. The van der Waals surface area contributed by atoms with Gasteiger partial charge in [-0.05, 0) is 24.3 Å². The van der Waals surface area contributed by atoms with Crippen LogP contribution < -0.4 is 0 Å². The second-order valence-electron chi connectivity index (χ2n) is 6.20. The summed E-state index contributed by atoms with van der Waals surface area (Å²) in [5, 5.41) is 0. The number of hydrogen-bond donors (Lipinski definition) is 0. The Labute approximate surface area is 137 Å². The molecule has 1 aromatic carbocycles. The summed E-state index contributed by atoms with van der Waals surface area (Å²) in [6.45, 7) is 4.15. The van der Waals surface area contributed by atoms with Crippen molar-refractivity contribution in [3.05, 3.63) is 47.5 Å². The minimum atomic E-state index is -1.32. The standard InChI is InChI=1S/C19H24O4/c1-13(2)15-11-8-12-19(17(20)22-3,18(21)23-4)16(15)14-9-6-5-7-10-14/h5-7,9-11,13,16H,8,12H2,1-4H3. The third kappa shape index (κ3) is 2.90. The highest BCUT2D eigenvalue weighted by molar-refractivity contribution is 6.02. The van der Waals surface area contributed by atoms with E-state index in [2.05, 4.69) is 19.9 Å². The first kappa shape index (κ1) is 17.3. The van der Waals surface area contributed by atoms with E-state index < -0.39 is 17.4 Å². The first-order valence-electron chi connectivity index (χ1n) is 7.90. The Morgan fingerprint density at radius 3 is 2.13 bits per heavy atom. The average molecular weight is 316 g/mol. The molecule has 0 fully saturated rings. The molecule has 0 aromatic heterocycles. The molecule has 4 heteroatoms. The number of carbonyl (C=O) groups is 2. The highest BCUT2D eigenvalue weighted by Gasteiger charge is 2.57. The van der Waals surface area contributed by atoms with E-state index in [1.165, 1.54) is 14.2 Å². The summed E-state index contributed by atoms with van der Waals surface area (Å²) in [7, 11) is 2.64. The van der Waals surface area contributed by atoms with E-state index in [9.17, 15) is 9.59 Å². The first-order chi connectivity index (χ1) is 11.0. The maximum atomic E-state index is 12.7. The molecule has 0 aliphatic heterocycles. The van der Waals surface area contributed by atoms with E-state index >= 15 is 0 Å². The van der Waals surface area contributed by atoms with Gasteiger partial charge in [0.15, 0.2) is 5.41 Å². The molecule has 1 aliphatic rings. The molecule has 1 unspecified atom stereocenters. The maximum absolute atomic E-state index is 12.7. The number of rotatable bonds is 4. The molecule has 124 valence electrons. The Bertz CT molecular complexity index is 585. The zero-order valence-electron chi connectivity index (χ0n) is 14.2. The van der Waals surface area contributed by atoms with Crippen LogP contribution in [-0.2, 0) is 19.1 Å². The van der Waals surface area contributed by atoms with Crippen LogP contribution in [0.25, 0.3) is 0 Å². The molecule has 0 saturated carbocycles. The molecule has 4 nitrogen and oxygen atoms in total. The van der Waals surface area contributed by atoms with Crippen molar-refractivity contribution >= 4 is 11.9 Å². The van der Waals surface area contributed by atoms with Crippen molar-refractivity contribution in [2.45, 2.75) is 32.6 Å². The van der Waals surface area contributed by atoms with E-state index in [0.29, 0.717) is 12.8 Å². The summed E-state index contributed by atoms with van der Waals surface area (Å²) in [5.74, 6) is -1.19. The van der Waals surface area contributed by atoms with Gasteiger partial charge in [-0.3, -0.25) is 9.59 Å². The van der Waals surface area contributed by atoms with Crippen LogP contribution in [0, 0.1) is 11.3 Å². The van der Waals surface area contributed by atoms with Gasteiger partial charge >= 0.3 is 11.9 Å². The van der Waals surface area contributed by atoms with E-state index in [1.54, 1.807) is 0 Å². The summed E-state index contributed by atoms with van der Waals surface area (Å²) in [4.78, 5) is 25.4. The van der Waals surface area contributed by atoms with Crippen LogP contribution >= 0.6 is 0 Å². The lowest BCUT2D eigenvalue weighted by Gasteiger charge is -2.41. The van der Waals surface area contributed by atoms with Gasteiger partial charge in [0.2, 0.25) is 0 Å². The van der Waals surface area contributed by atoms with Gasteiger partial charge in [0.25, 0.3) is 0 Å². The Morgan fingerprint density at radius 1 is 1.09 bits per heavy atom. The molecule has 1 aromatic rings. The van der Waals surface area contributed by atoms with Crippen LogP contribution in [0.3, 0.4) is 0 Å². The van der Waals surface area contributed by atoms with Gasteiger partial charge in [0.05, 0.1) is 14.2 Å². The van der Waals surface area contributed by atoms with Crippen molar-refractivity contribution in [2.75, 3.05) is 14.2 Å². The fourth-order valence-electron chi connectivity index (χ4n) is 3.59. The molecule has 0 heterocycles. The first-order valence-corrected chi connectivity index (χ1v) is 7.90. The van der Waals surface area contributed by atoms with Crippen LogP contribution in [0.15, 0.2) is 42.0 Å². The normalized spacial score (nSPS) is 19.9. The van der Waals surface area contributed by atoms with Crippen molar-refractivity contribution < 1.29 is 19.1 Å². The highest BCUT2D eigenvalue weighted by atomic mass is 16.5. The zero-order chi connectivity index (χ0) is 17.0. The minimum Gasteiger partial charge on any atom is -0.468 e. The maximum Gasteiger partial charge on any atom is 0.324 e. The number of allylic oxidation sites excluding steroid dienone is 2. The van der Waals surface area contributed by atoms with Gasteiger partial charge in [-0.2, -0.15) is 0 Å². The van der Waals surface area contributed by atoms with Crippen LogP contribution in [-0.4, -0.2) is 26.2 Å². The smallest absolute Gasteiger partial charge is 0.324 e. The fourth-order valence-corrected chi connectivity index (χ4v) is 3.59. The molecule has 0 radical (unpaired) electrons. The van der Waals surface area contributed by atoms with E-state index in [-0.39, 0.29) is 11.8 Å². The van der Waals surface area contributed by atoms with Gasteiger partial charge in [-0.25, -0.2) is 0 Å². The molecule has 1 atom stereocenters. The number of ether oxygens (including phenoxy) is 2. The monoisotopic (exact) mass is 316 g/mol. The molecule has 0 spiro atoms. The Hall–Kier alpha value is -2.10. The predicted octanol–water partition coefficient (Wildman–Crippen LogP) is 3.48. The molecule has 1 aliphatic carbocycles. The number of hydrogen-bond acceptors (Lipinski definition) is 4. The lowest BCUT2D eigenvalue weighted by Crippen LogP contribution is -2.48.